The summed E-state index contributed by atoms with van der Waals surface area (Å²) in [4.78, 5) is 4.55. The molecule has 0 spiro atoms. The van der Waals surface area contributed by atoms with Gasteiger partial charge in [-0.3, -0.25) is 9.80 Å². The first-order chi connectivity index (χ1) is 13.1. The van der Waals surface area contributed by atoms with Crippen LogP contribution >= 0.6 is 0 Å². The van der Waals surface area contributed by atoms with E-state index in [0.717, 1.165) is 25.2 Å². The van der Waals surface area contributed by atoms with Crippen LogP contribution in [0, 0.1) is 5.82 Å². The van der Waals surface area contributed by atoms with E-state index in [1.807, 2.05) is 18.2 Å². The van der Waals surface area contributed by atoms with Gasteiger partial charge in [0.15, 0.2) is 11.5 Å². The lowest BCUT2D eigenvalue weighted by atomic mass is 10.1. The number of phenols is 1. The second kappa shape index (κ2) is 9.17. The summed E-state index contributed by atoms with van der Waals surface area (Å²) in [5.41, 5.74) is 1.70. The fourth-order valence-electron chi connectivity index (χ4n) is 3.67. The first-order valence-electron chi connectivity index (χ1n) is 9.27. The van der Waals surface area contributed by atoms with Crippen LogP contribution in [0.1, 0.15) is 17.5 Å². The van der Waals surface area contributed by atoms with E-state index in [1.54, 1.807) is 18.2 Å². The highest BCUT2D eigenvalue weighted by molar-refractivity contribution is 5.41. The fraction of sp³-hybridized carbons (Fsp3) is 0.429. The van der Waals surface area contributed by atoms with Crippen molar-refractivity contribution in [1.82, 2.24) is 9.80 Å². The van der Waals surface area contributed by atoms with Gasteiger partial charge >= 0.3 is 0 Å². The number of aliphatic hydroxyl groups is 1. The summed E-state index contributed by atoms with van der Waals surface area (Å²) >= 11 is 0. The number of rotatable bonds is 7. The molecule has 0 amide bonds. The second-order valence-corrected chi connectivity index (χ2v) is 6.97. The Bertz CT molecular complexity index is 756. The third kappa shape index (κ3) is 4.97. The topological polar surface area (TPSA) is 56.2 Å². The van der Waals surface area contributed by atoms with Gasteiger partial charge in [0.2, 0.25) is 0 Å². The summed E-state index contributed by atoms with van der Waals surface area (Å²) in [6.07, 6.45) is 0.652. The molecule has 3 rings (SSSR count). The van der Waals surface area contributed by atoms with E-state index in [9.17, 15) is 14.6 Å². The molecule has 27 heavy (non-hydrogen) atoms. The van der Waals surface area contributed by atoms with Crippen LogP contribution in [0.2, 0.25) is 0 Å². The summed E-state index contributed by atoms with van der Waals surface area (Å²) < 4.78 is 19.1. The van der Waals surface area contributed by atoms with Gasteiger partial charge in [0.1, 0.15) is 5.82 Å². The Morgan fingerprint density at radius 1 is 1.15 bits per heavy atom. The first-order valence-corrected chi connectivity index (χ1v) is 9.27. The molecule has 0 saturated carbocycles. The standard InChI is InChI=1S/C21H27FN2O3/c1-27-21-7-6-16(12-20(21)26)13-23-9-10-24(18(15-23)8-11-25)14-17-4-2-3-5-19(17)22/h2-7,12,18,25-26H,8-11,13-15H2,1H3. The molecule has 1 heterocycles. The van der Waals surface area contributed by atoms with Gasteiger partial charge < -0.3 is 14.9 Å². The molecule has 1 aliphatic rings. The molecule has 6 heteroatoms. The number of aromatic hydroxyl groups is 1. The summed E-state index contributed by atoms with van der Waals surface area (Å²) in [5, 5.41) is 19.4. The Balaban J connectivity index is 1.65. The van der Waals surface area contributed by atoms with Gasteiger partial charge in [0.25, 0.3) is 0 Å². The van der Waals surface area contributed by atoms with Crippen molar-refractivity contribution in [3.05, 3.63) is 59.4 Å². The van der Waals surface area contributed by atoms with Crippen LogP contribution in [0.4, 0.5) is 4.39 Å². The number of halogens is 1. The minimum atomic E-state index is -0.184. The number of phenolic OH excluding ortho intramolecular Hbond substituents is 1. The van der Waals surface area contributed by atoms with Gasteiger partial charge in [-0.05, 0) is 30.2 Å². The van der Waals surface area contributed by atoms with Gasteiger partial charge in [-0.15, -0.1) is 0 Å². The van der Waals surface area contributed by atoms with Crippen LogP contribution < -0.4 is 4.74 Å². The molecule has 1 saturated heterocycles. The molecule has 0 bridgehead atoms. The van der Waals surface area contributed by atoms with E-state index < -0.39 is 0 Å². The Morgan fingerprint density at radius 3 is 2.67 bits per heavy atom. The van der Waals surface area contributed by atoms with E-state index in [4.69, 9.17) is 4.74 Å². The van der Waals surface area contributed by atoms with Crippen molar-refractivity contribution in [2.75, 3.05) is 33.4 Å². The lowest BCUT2D eigenvalue weighted by molar-refractivity contribution is 0.0493. The average Bonchev–Trinajstić information content (AvgIpc) is 2.66. The monoisotopic (exact) mass is 374 g/mol. The minimum Gasteiger partial charge on any atom is -0.504 e. The smallest absolute Gasteiger partial charge is 0.160 e. The summed E-state index contributed by atoms with van der Waals surface area (Å²) in [7, 11) is 1.53. The molecule has 2 aromatic carbocycles. The molecule has 0 aliphatic carbocycles. The number of ether oxygens (including phenoxy) is 1. The van der Waals surface area contributed by atoms with Crippen LogP contribution in [0.15, 0.2) is 42.5 Å². The molecule has 2 aromatic rings. The number of methoxy groups -OCH3 is 1. The molecule has 1 aliphatic heterocycles. The van der Waals surface area contributed by atoms with Crippen LogP contribution in [-0.4, -0.2) is 59.4 Å². The van der Waals surface area contributed by atoms with Crippen molar-refractivity contribution in [3.8, 4) is 11.5 Å². The van der Waals surface area contributed by atoms with Crippen molar-refractivity contribution in [2.24, 2.45) is 0 Å². The van der Waals surface area contributed by atoms with Gasteiger partial charge in [-0.1, -0.05) is 24.3 Å². The Labute approximate surface area is 159 Å². The SMILES string of the molecule is COc1ccc(CN2CCN(Cc3ccccc3F)C(CCO)C2)cc1O. The number of hydrogen-bond acceptors (Lipinski definition) is 5. The van der Waals surface area contributed by atoms with E-state index in [0.29, 0.717) is 30.8 Å². The predicted octanol–water partition coefficient (Wildman–Crippen LogP) is 2.61. The number of aliphatic hydroxyl groups excluding tert-OH is 1. The van der Waals surface area contributed by atoms with Crippen molar-refractivity contribution in [2.45, 2.75) is 25.6 Å². The predicted molar refractivity (Wildman–Crippen MR) is 102 cm³/mol. The molecule has 0 radical (unpaired) electrons. The minimum absolute atomic E-state index is 0.107. The van der Waals surface area contributed by atoms with E-state index >= 15 is 0 Å². The van der Waals surface area contributed by atoms with Crippen LogP contribution in [-0.2, 0) is 13.1 Å². The zero-order chi connectivity index (χ0) is 19.2. The van der Waals surface area contributed by atoms with Gasteiger partial charge in [-0.25, -0.2) is 4.39 Å². The lowest BCUT2D eigenvalue weighted by Gasteiger charge is -2.41. The molecule has 1 unspecified atom stereocenters. The second-order valence-electron chi connectivity index (χ2n) is 6.97. The molecular formula is C21H27FN2O3. The van der Waals surface area contributed by atoms with E-state index in [1.165, 1.54) is 13.2 Å². The molecule has 1 fully saturated rings. The Hall–Kier alpha value is -2.15. The highest BCUT2D eigenvalue weighted by atomic mass is 19.1. The fourth-order valence-corrected chi connectivity index (χ4v) is 3.67. The number of hydrogen-bond donors (Lipinski definition) is 2. The number of piperazine rings is 1. The third-order valence-electron chi connectivity index (χ3n) is 5.13. The normalized spacial score (nSPS) is 18.6. The molecule has 0 aromatic heterocycles. The molecule has 146 valence electrons. The third-order valence-corrected chi connectivity index (χ3v) is 5.13. The van der Waals surface area contributed by atoms with Crippen molar-refractivity contribution >= 4 is 0 Å². The molecule has 5 nitrogen and oxygen atoms in total. The van der Waals surface area contributed by atoms with E-state index in [2.05, 4.69) is 9.80 Å². The first kappa shape index (κ1) is 19.6. The lowest BCUT2D eigenvalue weighted by Crippen LogP contribution is -2.52. The van der Waals surface area contributed by atoms with Gasteiger partial charge in [-0.2, -0.15) is 0 Å². The largest absolute Gasteiger partial charge is 0.504 e. The quantitative estimate of drug-likeness (QED) is 0.780. The van der Waals surface area contributed by atoms with E-state index in [-0.39, 0.29) is 24.2 Å². The highest BCUT2D eigenvalue weighted by Crippen LogP contribution is 2.27. The maximum absolute atomic E-state index is 14.0. The zero-order valence-electron chi connectivity index (χ0n) is 15.6. The zero-order valence-corrected chi connectivity index (χ0v) is 15.6. The maximum atomic E-state index is 14.0. The van der Waals surface area contributed by atoms with Crippen molar-refractivity contribution < 1.29 is 19.3 Å². The van der Waals surface area contributed by atoms with Crippen LogP contribution in [0.3, 0.4) is 0 Å². The van der Waals surface area contributed by atoms with Gasteiger partial charge in [0.05, 0.1) is 7.11 Å². The van der Waals surface area contributed by atoms with Crippen molar-refractivity contribution in [1.29, 1.82) is 0 Å². The molecule has 2 N–H and O–H groups in total. The number of nitrogens with zero attached hydrogens (tertiary/aromatic N) is 2. The summed E-state index contributed by atoms with van der Waals surface area (Å²) in [6, 6.07) is 12.5. The molecule has 1 atom stereocenters. The molecular weight excluding hydrogens is 347 g/mol. The Morgan fingerprint density at radius 2 is 1.96 bits per heavy atom. The number of benzene rings is 2. The summed E-state index contributed by atoms with van der Waals surface area (Å²) in [6.45, 7) is 3.82. The highest BCUT2D eigenvalue weighted by Gasteiger charge is 2.27. The maximum Gasteiger partial charge on any atom is 0.160 e. The van der Waals surface area contributed by atoms with Crippen LogP contribution in [0.5, 0.6) is 11.5 Å². The van der Waals surface area contributed by atoms with Crippen molar-refractivity contribution in [3.63, 3.8) is 0 Å². The van der Waals surface area contributed by atoms with Crippen LogP contribution in [0.25, 0.3) is 0 Å². The Kier molecular flexibility index (Phi) is 6.66. The summed E-state index contributed by atoms with van der Waals surface area (Å²) in [5.74, 6) is 0.420. The average molecular weight is 374 g/mol. The van der Waals surface area contributed by atoms with Gasteiger partial charge in [0, 0.05) is 50.9 Å².